The zero-order chi connectivity index (χ0) is 21.0. The van der Waals surface area contributed by atoms with Crippen molar-refractivity contribution in [1.29, 1.82) is 0 Å². The van der Waals surface area contributed by atoms with E-state index < -0.39 is 0 Å². The van der Waals surface area contributed by atoms with E-state index in [4.69, 9.17) is 8.83 Å². The van der Waals surface area contributed by atoms with Crippen LogP contribution in [0.4, 0.5) is 0 Å². The molecule has 1 aromatic carbocycles. The lowest BCUT2D eigenvalue weighted by Crippen LogP contribution is -2.38. The highest BCUT2D eigenvalue weighted by molar-refractivity contribution is 7.98. The number of para-hydroxylation sites is 1. The molecule has 3 aromatic heterocycles. The Hall–Kier alpha value is -3.06. The maximum absolute atomic E-state index is 13.8. The van der Waals surface area contributed by atoms with Crippen molar-refractivity contribution in [2.45, 2.75) is 49.2 Å². The summed E-state index contributed by atoms with van der Waals surface area (Å²) < 4.78 is 11.7. The molecular formula is C24H23N3O3S. The standard InChI is InChI=1S/C24H23N3O3S/c28-23(27(17-7-1-2-8-17)15-18-9-5-14-29-18)22-20(16-31-24-25-12-6-13-26-24)19-10-3-4-11-21(19)30-22/h3-6,9-14,17H,1-2,7-8,15-16H2. The maximum Gasteiger partial charge on any atom is 0.290 e. The molecule has 0 saturated heterocycles. The Morgan fingerprint density at radius 2 is 1.87 bits per heavy atom. The highest BCUT2D eigenvalue weighted by atomic mass is 32.2. The summed E-state index contributed by atoms with van der Waals surface area (Å²) in [6, 6.07) is 13.6. The number of benzene rings is 1. The van der Waals surface area contributed by atoms with Crippen LogP contribution >= 0.6 is 11.8 Å². The smallest absolute Gasteiger partial charge is 0.290 e. The van der Waals surface area contributed by atoms with E-state index in [1.54, 1.807) is 24.7 Å². The minimum atomic E-state index is -0.0796. The van der Waals surface area contributed by atoms with Crippen molar-refractivity contribution in [2.75, 3.05) is 0 Å². The molecule has 0 unspecified atom stereocenters. The van der Waals surface area contributed by atoms with Gasteiger partial charge >= 0.3 is 0 Å². The Balaban J connectivity index is 1.50. The molecule has 0 atom stereocenters. The van der Waals surface area contributed by atoms with Crippen LogP contribution in [-0.2, 0) is 12.3 Å². The molecule has 1 saturated carbocycles. The van der Waals surface area contributed by atoms with E-state index in [0.717, 1.165) is 48.0 Å². The largest absolute Gasteiger partial charge is 0.467 e. The number of furan rings is 2. The Morgan fingerprint density at radius 3 is 2.65 bits per heavy atom. The highest BCUT2D eigenvalue weighted by Gasteiger charge is 2.32. The van der Waals surface area contributed by atoms with Crippen LogP contribution in [0.1, 0.15) is 47.6 Å². The molecule has 1 amide bonds. The zero-order valence-corrected chi connectivity index (χ0v) is 17.9. The minimum absolute atomic E-state index is 0.0796. The fourth-order valence-corrected chi connectivity index (χ4v) is 5.03. The first-order valence-corrected chi connectivity index (χ1v) is 11.5. The number of fused-ring (bicyclic) bond motifs is 1. The van der Waals surface area contributed by atoms with E-state index in [-0.39, 0.29) is 11.9 Å². The van der Waals surface area contributed by atoms with Gasteiger partial charge in [0.05, 0.1) is 12.8 Å². The lowest BCUT2D eigenvalue weighted by Gasteiger charge is -2.27. The Kier molecular flexibility index (Phi) is 5.76. The number of amides is 1. The van der Waals surface area contributed by atoms with E-state index in [9.17, 15) is 4.79 Å². The first kappa shape index (κ1) is 19.9. The number of hydrogen-bond acceptors (Lipinski definition) is 6. The first-order chi connectivity index (χ1) is 15.3. The summed E-state index contributed by atoms with van der Waals surface area (Å²) >= 11 is 1.50. The third kappa shape index (κ3) is 4.23. The molecule has 0 radical (unpaired) electrons. The Morgan fingerprint density at radius 1 is 1.06 bits per heavy atom. The number of carbonyl (C=O) groups excluding carboxylic acids is 1. The topological polar surface area (TPSA) is 72.4 Å². The van der Waals surface area contributed by atoms with Crippen molar-refractivity contribution in [2.24, 2.45) is 0 Å². The van der Waals surface area contributed by atoms with Crippen molar-refractivity contribution in [3.63, 3.8) is 0 Å². The number of aromatic nitrogens is 2. The van der Waals surface area contributed by atoms with E-state index in [1.165, 1.54) is 11.8 Å². The van der Waals surface area contributed by atoms with Crippen molar-refractivity contribution < 1.29 is 13.6 Å². The van der Waals surface area contributed by atoms with Crippen LogP contribution in [0.15, 0.2) is 75.1 Å². The van der Waals surface area contributed by atoms with Crippen LogP contribution in [-0.4, -0.2) is 26.8 Å². The monoisotopic (exact) mass is 433 g/mol. The summed E-state index contributed by atoms with van der Waals surface area (Å²) in [5.74, 6) is 1.67. The zero-order valence-electron chi connectivity index (χ0n) is 17.1. The Bertz CT molecular complexity index is 1150. The molecule has 3 heterocycles. The van der Waals surface area contributed by atoms with Crippen LogP contribution in [0.3, 0.4) is 0 Å². The molecule has 1 aliphatic rings. The summed E-state index contributed by atoms with van der Waals surface area (Å²) in [5.41, 5.74) is 1.61. The maximum atomic E-state index is 13.8. The number of carbonyl (C=O) groups is 1. The van der Waals surface area contributed by atoms with Gasteiger partial charge in [-0.05, 0) is 37.1 Å². The predicted molar refractivity (Wildman–Crippen MR) is 119 cm³/mol. The molecule has 7 heteroatoms. The summed E-state index contributed by atoms with van der Waals surface area (Å²) in [7, 11) is 0. The minimum Gasteiger partial charge on any atom is -0.467 e. The van der Waals surface area contributed by atoms with Crippen molar-refractivity contribution in [1.82, 2.24) is 14.9 Å². The second-order valence-corrected chi connectivity index (χ2v) is 8.62. The van der Waals surface area contributed by atoms with E-state index >= 15 is 0 Å². The highest BCUT2D eigenvalue weighted by Crippen LogP contribution is 2.34. The van der Waals surface area contributed by atoms with Gasteiger partial charge in [0.15, 0.2) is 10.9 Å². The predicted octanol–water partition coefficient (Wildman–Crippen LogP) is 5.69. The van der Waals surface area contributed by atoms with Gasteiger partial charge in [-0.25, -0.2) is 9.97 Å². The summed E-state index contributed by atoms with van der Waals surface area (Å²) in [4.78, 5) is 24.3. The lowest BCUT2D eigenvalue weighted by atomic mass is 10.1. The number of nitrogens with zero attached hydrogens (tertiary/aromatic N) is 3. The molecular weight excluding hydrogens is 410 g/mol. The van der Waals surface area contributed by atoms with Gasteiger partial charge in [-0.1, -0.05) is 42.8 Å². The number of thioether (sulfide) groups is 1. The lowest BCUT2D eigenvalue weighted by molar-refractivity contribution is 0.0617. The number of rotatable bonds is 7. The second kappa shape index (κ2) is 8.98. The molecule has 0 aliphatic heterocycles. The fourth-order valence-electron chi connectivity index (χ4n) is 4.20. The molecule has 31 heavy (non-hydrogen) atoms. The molecule has 6 nitrogen and oxygen atoms in total. The average molecular weight is 434 g/mol. The van der Waals surface area contributed by atoms with Crippen LogP contribution in [0.5, 0.6) is 0 Å². The second-order valence-electron chi connectivity index (χ2n) is 7.68. The van der Waals surface area contributed by atoms with E-state index in [1.807, 2.05) is 41.3 Å². The van der Waals surface area contributed by atoms with Gasteiger partial charge in [-0.2, -0.15) is 0 Å². The fraction of sp³-hybridized carbons (Fsp3) is 0.292. The van der Waals surface area contributed by atoms with Gasteiger partial charge in [0.2, 0.25) is 0 Å². The van der Waals surface area contributed by atoms with Crippen LogP contribution in [0.2, 0.25) is 0 Å². The summed E-state index contributed by atoms with van der Waals surface area (Å²) in [5, 5.41) is 1.63. The van der Waals surface area contributed by atoms with Gasteiger partial charge in [0.25, 0.3) is 5.91 Å². The molecule has 158 valence electrons. The molecule has 0 N–H and O–H groups in total. The third-order valence-corrected chi connectivity index (χ3v) is 6.61. The molecule has 0 bridgehead atoms. The molecule has 1 fully saturated rings. The molecule has 0 spiro atoms. The molecule has 4 aromatic rings. The third-order valence-electron chi connectivity index (χ3n) is 5.71. The van der Waals surface area contributed by atoms with Crippen molar-refractivity contribution in [3.8, 4) is 0 Å². The van der Waals surface area contributed by atoms with Crippen LogP contribution < -0.4 is 0 Å². The van der Waals surface area contributed by atoms with Gasteiger partial charge in [-0.15, -0.1) is 0 Å². The van der Waals surface area contributed by atoms with E-state index in [2.05, 4.69) is 9.97 Å². The number of hydrogen-bond donors (Lipinski definition) is 0. The van der Waals surface area contributed by atoms with E-state index in [0.29, 0.717) is 23.2 Å². The van der Waals surface area contributed by atoms with Gasteiger partial charge in [-0.3, -0.25) is 4.79 Å². The quantitative estimate of drug-likeness (QED) is 0.275. The Labute approximate surface area is 184 Å². The van der Waals surface area contributed by atoms with Gasteiger partial charge in [0.1, 0.15) is 11.3 Å². The molecule has 1 aliphatic carbocycles. The van der Waals surface area contributed by atoms with Crippen molar-refractivity contribution >= 4 is 28.6 Å². The summed E-state index contributed by atoms with van der Waals surface area (Å²) in [6.45, 7) is 0.446. The van der Waals surface area contributed by atoms with Gasteiger partial charge < -0.3 is 13.7 Å². The normalized spacial score (nSPS) is 14.3. The van der Waals surface area contributed by atoms with Crippen molar-refractivity contribution in [3.05, 3.63) is 78.2 Å². The first-order valence-electron chi connectivity index (χ1n) is 10.5. The molecule has 5 rings (SSSR count). The van der Waals surface area contributed by atoms with Crippen LogP contribution in [0.25, 0.3) is 11.0 Å². The average Bonchev–Trinajstić information content (AvgIpc) is 3.57. The summed E-state index contributed by atoms with van der Waals surface area (Å²) in [6.07, 6.45) is 9.39. The SMILES string of the molecule is O=C(c1oc2ccccc2c1CSc1ncccn1)N(Cc1ccco1)C1CCCC1. The van der Waals surface area contributed by atoms with Crippen LogP contribution in [0, 0.1) is 0 Å². The van der Waals surface area contributed by atoms with Gasteiger partial charge in [0, 0.05) is 35.1 Å².